The largest absolute Gasteiger partial charge is 0.370 e. The fraction of sp³-hybridized carbons (Fsp3) is 0.750. The number of nitrogens with zero attached hydrogens (tertiary/aromatic N) is 3. The molecule has 0 bridgehead atoms. The minimum atomic E-state index is 0.294. The van der Waals surface area contributed by atoms with Gasteiger partial charge in [0.15, 0.2) is 0 Å². The summed E-state index contributed by atoms with van der Waals surface area (Å²) in [6.07, 6.45) is 4.94. The minimum absolute atomic E-state index is 0.294. The zero-order valence-electron chi connectivity index (χ0n) is 14.1. The van der Waals surface area contributed by atoms with Crippen LogP contribution in [0.3, 0.4) is 0 Å². The Morgan fingerprint density at radius 2 is 1.71 bits per heavy atom. The molecular formula is C16H29N5. The number of anilines is 2. The molecule has 0 spiro atoms. The van der Waals surface area contributed by atoms with Crippen molar-refractivity contribution in [3.8, 4) is 0 Å². The Morgan fingerprint density at radius 1 is 1.10 bits per heavy atom. The maximum atomic E-state index is 4.58. The quantitative estimate of drug-likeness (QED) is 0.809. The zero-order chi connectivity index (χ0) is 15.5. The Kier molecular flexibility index (Phi) is 5.04. The van der Waals surface area contributed by atoms with Gasteiger partial charge in [0, 0.05) is 24.2 Å². The van der Waals surface area contributed by atoms with Gasteiger partial charge >= 0.3 is 0 Å². The molecule has 1 aromatic heterocycles. The van der Waals surface area contributed by atoms with Crippen LogP contribution in [0.2, 0.25) is 0 Å². The lowest BCUT2D eigenvalue weighted by Crippen LogP contribution is -2.54. The van der Waals surface area contributed by atoms with Crippen molar-refractivity contribution in [2.24, 2.45) is 0 Å². The van der Waals surface area contributed by atoms with Crippen LogP contribution in [0.25, 0.3) is 0 Å². The van der Waals surface area contributed by atoms with Gasteiger partial charge in [0.1, 0.15) is 17.5 Å². The fourth-order valence-electron chi connectivity index (χ4n) is 2.83. The van der Waals surface area contributed by atoms with E-state index in [-0.39, 0.29) is 0 Å². The second-order valence-electron chi connectivity index (χ2n) is 6.35. The van der Waals surface area contributed by atoms with Gasteiger partial charge < -0.3 is 15.5 Å². The van der Waals surface area contributed by atoms with Crippen LogP contribution in [0.15, 0.2) is 0 Å². The first-order valence-corrected chi connectivity index (χ1v) is 7.99. The number of hydrogen-bond donors (Lipinski definition) is 2. The maximum Gasteiger partial charge on any atom is 0.134 e. The molecule has 0 unspecified atom stereocenters. The van der Waals surface area contributed by atoms with Crippen LogP contribution in [0.5, 0.6) is 0 Å². The van der Waals surface area contributed by atoms with Gasteiger partial charge in [-0.15, -0.1) is 0 Å². The average Bonchev–Trinajstić information content (AvgIpc) is 2.38. The van der Waals surface area contributed by atoms with E-state index in [1.165, 1.54) is 19.3 Å². The standard InChI is InChI=1S/C16H29N5/c1-6-10-17-14-12(2)15(20-13(3)19-14)18-11-16(21(4)5)8-7-9-16/h6-11H2,1-5H3,(H2,17,18,19,20). The molecule has 5 nitrogen and oxygen atoms in total. The molecule has 0 amide bonds. The van der Waals surface area contributed by atoms with Crippen molar-refractivity contribution >= 4 is 11.6 Å². The summed E-state index contributed by atoms with van der Waals surface area (Å²) in [4.78, 5) is 11.4. The monoisotopic (exact) mass is 291 g/mol. The first-order chi connectivity index (χ1) is 9.98. The second kappa shape index (κ2) is 6.60. The summed E-state index contributed by atoms with van der Waals surface area (Å²) in [6, 6.07) is 0. The highest BCUT2D eigenvalue weighted by atomic mass is 15.2. The molecule has 1 heterocycles. The summed E-state index contributed by atoms with van der Waals surface area (Å²) >= 11 is 0. The predicted octanol–water partition coefficient (Wildman–Crippen LogP) is 2.81. The lowest BCUT2D eigenvalue weighted by molar-refractivity contribution is 0.0738. The normalized spacial score (nSPS) is 16.7. The van der Waals surface area contributed by atoms with Crippen molar-refractivity contribution in [2.75, 3.05) is 37.8 Å². The van der Waals surface area contributed by atoms with Crippen molar-refractivity contribution < 1.29 is 0 Å². The summed E-state index contributed by atoms with van der Waals surface area (Å²) in [7, 11) is 4.35. The molecule has 2 N–H and O–H groups in total. The van der Waals surface area contributed by atoms with Crippen LogP contribution in [0.4, 0.5) is 11.6 Å². The molecule has 1 aliphatic carbocycles. The van der Waals surface area contributed by atoms with E-state index in [2.05, 4.69) is 53.4 Å². The van der Waals surface area contributed by atoms with Crippen LogP contribution in [-0.2, 0) is 0 Å². The Morgan fingerprint density at radius 3 is 2.19 bits per heavy atom. The summed E-state index contributed by atoms with van der Waals surface area (Å²) < 4.78 is 0. The minimum Gasteiger partial charge on any atom is -0.370 e. The lowest BCUT2D eigenvalue weighted by Gasteiger charge is -2.47. The molecule has 1 aromatic rings. The molecule has 2 rings (SSSR count). The van der Waals surface area contributed by atoms with Gasteiger partial charge in [0.05, 0.1) is 0 Å². The number of aromatic nitrogens is 2. The van der Waals surface area contributed by atoms with Crippen molar-refractivity contribution in [3.05, 3.63) is 11.4 Å². The number of nitrogens with one attached hydrogen (secondary N) is 2. The Bertz CT molecular complexity index is 480. The van der Waals surface area contributed by atoms with Crippen LogP contribution < -0.4 is 10.6 Å². The summed E-state index contributed by atoms with van der Waals surface area (Å²) in [6.45, 7) is 8.09. The molecule has 0 radical (unpaired) electrons. The van der Waals surface area contributed by atoms with Gasteiger partial charge in [-0.2, -0.15) is 0 Å². The third kappa shape index (κ3) is 3.46. The van der Waals surface area contributed by atoms with Gasteiger partial charge in [-0.1, -0.05) is 6.92 Å². The van der Waals surface area contributed by atoms with E-state index in [4.69, 9.17) is 0 Å². The van der Waals surface area contributed by atoms with Gasteiger partial charge in [0.25, 0.3) is 0 Å². The Hall–Kier alpha value is -1.36. The predicted molar refractivity (Wildman–Crippen MR) is 89.0 cm³/mol. The summed E-state index contributed by atoms with van der Waals surface area (Å²) in [5, 5.41) is 6.95. The molecular weight excluding hydrogens is 262 g/mol. The molecule has 0 saturated heterocycles. The third-order valence-electron chi connectivity index (χ3n) is 4.62. The third-order valence-corrected chi connectivity index (χ3v) is 4.62. The number of aryl methyl sites for hydroxylation is 1. The van der Waals surface area contributed by atoms with Gasteiger partial charge in [-0.3, -0.25) is 0 Å². The second-order valence-corrected chi connectivity index (χ2v) is 6.35. The van der Waals surface area contributed by atoms with E-state index in [9.17, 15) is 0 Å². The van der Waals surface area contributed by atoms with E-state index in [1.54, 1.807) is 0 Å². The first kappa shape index (κ1) is 16.0. The van der Waals surface area contributed by atoms with Gasteiger partial charge in [-0.25, -0.2) is 9.97 Å². The highest BCUT2D eigenvalue weighted by Crippen LogP contribution is 2.36. The van der Waals surface area contributed by atoms with Crippen LogP contribution in [0.1, 0.15) is 44.0 Å². The van der Waals surface area contributed by atoms with E-state index < -0.39 is 0 Å². The highest BCUT2D eigenvalue weighted by Gasteiger charge is 2.38. The first-order valence-electron chi connectivity index (χ1n) is 7.99. The maximum absolute atomic E-state index is 4.58. The molecule has 5 heteroatoms. The molecule has 0 aromatic carbocycles. The molecule has 1 fully saturated rings. The lowest BCUT2D eigenvalue weighted by atomic mass is 9.75. The van der Waals surface area contributed by atoms with Gasteiger partial charge in [0.2, 0.25) is 0 Å². The summed E-state index contributed by atoms with van der Waals surface area (Å²) in [5.74, 6) is 2.74. The van der Waals surface area contributed by atoms with E-state index in [1.807, 2.05) is 6.92 Å². The van der Waals surface area contributed by atoms with Crippen molar-refractivity contribution in [3.63, 3.8) is 0 Å². The highest BCUT2D eigenvalue weighted by molar-refractivity contribution is 5.57. The molecule has 21 heavy (non-hydrogen) atoms. The van der Waals surface area contributed by atoms with E-state index >= 15 is 0 Å². The number of rotatable bonds is 7. The fourth-order valence-corrected chi connectivity index (χ4v) is 2.83. The Balaban J connectivity index is 2.10. The van der Waals surface area contributed by atoms with Crippen molar-refractivity contribution in [1.29, 1.82) is 0 Å². The van der Waals surface area contributed by atoms with E-state index in [0.29, 0.717) is 5.54 Å². The molecule has 0 atom stereocenters. The number of likely N-dealkylation sites (N-methyl/N-ethyl adjacent to an activating group) is 1. The number of hydrogen-bond acceptors (Lipinski definition) is 5. The van der Waals surface area contributed by atoms with Gasteiger partial charge in [-0.05, 0) is 53.6 Å². The average molecular weight is 291 g/mol. The van der Waals surface area contributed by atoms with E-state index in [0.717, 1.165) is 42.5 Å². The van der Waals surface area contributed by atoms with Crippen LogP contribution >= 0.6 is 0 Å². The smallest absolute Gasteiger partial charge is 0.134 e. The SMILES string of the molecule is CCCNc1nc(C)nc(NCC2(N(C)C)CCC2)c1C. The van der Waals surface area contributed by atoms with Crippen molar-refractivity contribution in [2.45, 2.75) is 52.0 Å². The van der Waals surface area contributed by atoms with Crippen LogP contribution in [0, 0.1) is 13.8 Å². The zero-order valence-corrected chi connectivity index (χ0v) is 14.1. The Labute approximate surface area is 128 Å². The molecule has 1 saturated carbocycles. The molecule has 0 aliphatic heterocycles. The molecule has 1 aliphatic rings. The van der Waals surface area contributed by atoms with Crippen molar-refractivity contribution in [1.82, 2.24) is 14.9 Å². The summed E-state index contributed by atoms with van der Waals surface area (Å²) in [5.41, 5.74) is 1.41. The topological polar surface area (TPSA) is 53.1 Å². The van der Waals surface area contributed by atoms with Crippen LogP contribution in [-0.4, -0.2) is 47.6 Å². The molecule has 118 valence electrons.